The van der Waals surface area contributed by atoms with Crippen LogP contribution < -0.4 is 0 Å². The Morgan fingerprint density at radius 2 is 1.82 bits per heavy atom. The molecule has 0 N–H and O–H groups in total. The number of nitrogens with zero attached hydrogens (tertiary/aromatic N) is 3. The average molecular weight is 373 g/mol. The Labute approximate surface area is 164 Å². The zero-order valence-electron chi connectivity index (χ0n) is 16.2. The number of rotatable bonds is 2. The molecule has 3 aromatic rings. The van der Waals surface area contributed by atoms with Crippen LogP contribution in [0.5, 0.6) is 0 Å². The van der Waals surface area contributed by atoms with E-state index in [-0.39, 0.29) is 11.5 Å². The highest BCUT2D eigenvalue weighted by atomic mass is 19.1. The molecule has 28 heavy (non-hydrogen) atoms. The van der Waals surface area contributed by atoms with Crippen molar-refractivity contribution in [3.8, 4) is 23.0 Å². The molecule has 0 aliphatic rings. The molecule has 0 spiro atoms. The van der Waals surface area contributed by atoms with Gasteiger partial charge in [0, 0.05) is 43.3 Å². The highest BCUT2D eigenvalue weighted by molar-refractivity contribution is 5.95. The number of halogens is 1. The van der Waals surface area contributed by atoms with E-state index in [0.717, 1.165) is 28.1 Å². The summed E-state index contributed by atoms with van der Waals surface area (Å²) in [4.78, 5) is 22.2. The number of amides is 1. The quantitative estimate of drug-likeness (QED) is 0.638. The smallest absolute Gasteiger partial charge is 0.256 e. The molecule has 0 bridgehead atoms. The van der Waals surface area contributed by atoms with E-state index in [9.17, 15) is 9.18 Å². The zero-order valence-corrected chi connectivity index (χ0v) is 16.2. The predicted octanol–water partition coefficient (Wildman–Crippen LogP) is 4.00. The minimum atomic E-state index is -0.549. The molecule has 0 fully saturated rings. The monoisotopic (exact) mass is 373 g/mol. The first-order chi connectivity index (χ1) is 13.4. The van der Waals surface area contributed by atoms with Gasteiger partial charge in [0.25, 0.3) is 5.91 Å². The number of benzene rings is 1. The molecule has 1 aromatic carbocycles. The van der Waals surface area contributed by atoms with E-state index in [1.807, 2.05) is 32.0 Å². The van der Waals surface area contributed by atoms with Gasteiger partial charge in [-0.1, -0.05) is 17.9 Å². The van der Waals surface area contributed by atoms with Gasteiger partial charge in [0.15, 0.2) is 0 Å². The van der Waals surface area contributed by atoms with Gasteiger partial charge < -0.3 is 4.90 Å². The second-order valence-corrected chi connectivity index (χ2v) is 6.65. The normalized spacial score (nSPS) is 10.2. The average Bonchev–Trinajstić information content (AvgIpc) is 2.68. The third-order valence-corrected chi connectivity index (χ3v) is 4.30. The van der Waals surface area contributed by atoms with E-state index in [2.05, 4.69) is 21.8 Å². The van der Waals surface area contributed by atoms with Gasteiger partial charge in [0.2, 0.25) is 0 Å². The fraction of sp³-hybridized carbons (Fsp3) is 0.174. The second-order valence-electron chi connectivity index (χ2n) is 6.65. The van der Waals surface area contributed by atoms with Crippen molar-refractivity contribution < 1.29 is 9.18 Å². The summed E-state index contributed by atoms with van der Waals surface area (Å²) in [6.07, 6.45) is 3.40. The number of pyridine rings is 2. The van der Waals surface area contributed by atoms with Crippen LogP contribution in [0.1, 0.15) is 32.9 Å². The molecule has 0 saturated carbocycles. The lowest BCUT2D eigenvalue weighted by Gasteiger charge is -2.13. The minimum absolute atomic E-state index is 0.0265. The summed E-state index contributed by atoms with van der Waals surface area (Å²) in [6, 6.07) is 10.2. The predicted molar refractivity (Wildman–Crippen MR) is 107 cm³/mol. The van der Waals surface area contributed by atoms with Crippen molar-refractivity contribution in [3.05, 3.63) is 82.7 Å². The van der Waals surface area contributed by atoms with Gasteiger partial charge in [-0.3, -0.25) is 14.8 Å². The summed E-state index contributed by atoms with van der Waals surface area (Å²) >= 11 is 0. The lowest BCUT2D eigenvalue weighted by molar-refractivity contribution is 0.0823. The van der Waals surface area contributed by atoms with Crippen molar-refractivity contribution in [2.45, 2.75) is 13.8 Å². The van der Waals surface area contributed by atoms with Crippen molar-refractivity contribution in [1.82, 2.24) is 14.9 Å². The molecule has 4 nitrogen and oxygen atoms in total. The van der Waals surface area contributed by atoms with Gasteiger partial charge in [-0.05, 0) is 49.7 Å². The first-order valence-electron chi connectivity index (χ1n) is 8.78. The van der Waals surface area contributed by atoms with Crippen LogP contribution in [0.25, 0.3) is 11.1 Å². The maximum atomic E-state index is 14.2. The van der Waals surface area contributed by atoms with Gasteiger partial charge in [0.1, 0.15) is 5.82 Å². The summed E-state index contributed by atoms with van der Waals surface area (Å²) in [6.45, 7) is 3.79. The van der Waals surface area contributed by atoms with Crippen molar-refractivity contribution in [3.63, 3.8) is 0 Å². The minimum Gasteiger partial charge on any atom is -0.345 e. The van der Waals surface area contributed by atoms with E-state index < -0.39 is 5.82 Å². The molecule has 2 heterocycles. The molecule has 0 radical (unpaired) electrons. The third kappa shape index (κ3) is 4.07. The summed E-state index contributed by atoms with van der Waals surface area (Å²) in [5.41, 5.74) is 4.75. The summed E-state index contributed by atoms with van der Waals surface area (Å²) < 4.78 is 14.2. The van der Waals surface area contributed by atoms with Gasteiger partial charge in [-0.15, -0.1) is 0 Å². The number of carbonyl (C=O) groups is 1. The summed E-state index contributed by atoms with van der Waals surface area (Å²) in [7, 11) is 3.19. The molecule has 3 rings (SSSR count). The largest absolute Gasteiger partial charge is 0.345 e. The van der Waals surface area contributed by atoms with Crippen LogP contribution >= 0.6 is 0 Å². The summed E-state index contributed by atoms with van der Waals surface area (Å²) in [5.74, 6) is 5.33. The Hall–Kier alpha value is -3.52. The van der Waals surface area contributed by atoms with Crippen LogP contribution in [0.15, 0.2) is 48.8 Å². The highest BCUT2D eigenvalue weighted by Gasteiger charge is 2.16. The fourth-order valence-corrected chi connectivity index (χ4v) is 2.74. The standard InChI is InChI=1S/C23H20FN3O/c1-15-5-6-17(14-26-15)7-9-19-16(2)25-12-11-20(19)18-8-10-22(24)21(13-18)23(28)27(3)4/h5-6,8,10-14H,1-4H3. The van der Waals surface area contributed by atoms with Crippen LogP contribution in [-0.2, 0) is 0 Å². The van der Waals surface area contributed by atoms with Crippen molar-refractivity contribution in [2.75, 3.05) is 14.1 Å². The molecule has 5 heteroatoms. The molecular weight excluding hydrogens is 353 g/mol. The van der Waals surface area contributed by atoms with E-state index in [4.69, 9.17) is 0 Å². The van der Waals surface area contributed by atoms with Crippen LogP contribution in [0.2, 0.25) is 0 Å². The van der Waals surface area contributed by atoms with Crippen molar-refractivity contribution in [2.24, 2.45) is 0 Å². The van der Waals surface area contributed by atoms with Crippen molar-refractivity contribution >= 4 is 5.91 Å². The van der Waals surface area contributed by atoms with E-state index in [0.29, 0.717) is 5.56 Å². The highest BCUT2D eigenvalue weighted by Crippen LogP contribution is 2.27. The molecule has 0 atom stereocenters. The van der Waals surface area contributed by atoms with Crippen molar-refractivity contribution in [1.29, 1.82) is 0 Å². The Bertz CT molecular complexity index is 1090. The van der Waals surface area contributed by atoms with Crippen LogP contribution in [0.4, 0.5) is 4.39 Å². The Balaban J connectivity index is 2.10. The van der Waals surface area contributed by atoms with E-state index in [1.165, 1.54) is 11.0 Å². The first kappa shape index (κ1) is 19.2. The fourth-order valence-electron chi connectivity index (χ4n) is 2.74. The zero-order chi connectivity index (χ0) is 20.3. The molecule has 2 aromatic heterocycles. The Morgan fingerprint density at radius 1 is 1.04 bits per heavy atom. The molecule has 140 valence electrons. The lowest BCUT2D eigenvalue weighted by Crippen LogP contribution is -2.22. The molecule has 0 unspecified atom stereocenters. The number of aryl methyl sites for hydroxylation is 2. The van der Waals surface area contributed by atoms with Gasteiger partial charge in [0.05, 0.1) is 16.8 Å². The molecule has 0 saturated heterocycles. The van der Waals surface area contributed by atoms with E-state index in [1.54, 1.807) is 38.6 Å². The van der Waals surface area contributed by atoms with Gasteiger partial charge in [-0.2, -0.15) is 0 Å². The summed E-state index contributed by atoms with van der Waals surface area (Å²) in [5, 5.41) is 0. The maximum Gasteiger partial charge on any atom is 0.256 e. The van der Waals surface area contributed by atoms with Crippen LogP contribution in [0.3, 0.4) is 0 Å². The van der Waals surface area contributed by atoms with Crippen LogP contribution in [-0.4, -0.2) is 34.9 Å². The molecule has 0 aliphatic heterocycles. The molecular formula is C23H20FN3O. The number of aromatic nitrogens is 2. The van der Waals surface area contributed by atoms with E-state index >= 15 is 0 Å². The number of carbonyl (C=O) groups excluding carboxylic acids is 1. The number of hydrogen-bond acceptors (Lipinski definition) is 3. The first-order valence-corrected chi connectivity index (χ1v) is 8.78. The SMILES string of the molecule is Cc1ccc(C#Cc2c(-c3ccc(F)c(C(=O)N(C)C)c3)ccnc2C)cn1. The number of hydrogen-bond donors (Lipinski definition) is 0. The van der Waals surface area contributed by atoms with Crippen LogP contribution in [0, 0.1) is 31.5 Å². The lowest BCUT2D eigenvalue weighted by atomic mass is 9.97. The third-order valence-electron chi connectivity index (χ3n) is 4.30. The Kier molecular flexibility index (Phi) is 5.51. The molecule has 1 amide bonds. The second kappa shape index (κ2) is 8.01. The topological polar surface area (TPSA) is 46.1 Å². The maximum absolute atomic E-state index is 14.2. The van der Waals surface area contributed by atoms with Gasteiger partial charge >= 0.3 is 0 Å². The van der Waals surface area contributed by atoms with Gasteiger partial charge in [-0.25, -0.2) is 4.39 Å². The molecule has 0 aliphatic carbocycles. The Morgan fingerprint density at radius 3 is 2.50 bits per heavy atom.